The zero-order valence-electron chi connectivity index (χ0n) is 14.4. The maximum atomic E-state index is 13.3. The average molecular weight is 339 g/mol. The molecule has 1 N–H and O–H groups in total. The van der Waals surface area contributed by atoms with Crippen molar-refractivity contribution in [1.29, 1.82) is 5.26 Å². The van der Waals surface area contributed by atoms with Crippen LogP contribution in [-0.2, 0) is 4.79 Å². The predicted octanol–water partition coefficient (Wildman–Crippen LogP) is 2.75. The van der Waals surface area contributed by atoms with Gasteiger partial charge in [-0.05, 0) is 33.1 Å². The molecule has 0 spiro atoms. The largest absolute Gasteiger partial charge is 0.465 e. The number of carbonyl (C=O) groups is 2. The molecule has 0 saturated carbocycles. The molecule has 0 aromatic rings. The molecule has 128 valence electrons. The first kappa shape index (κ1) is 17.9. The van der Waals surface area contributed by atoms with Crippen molar-refractivity contribution in [3.8, 4) is 6.07 Å². The molecule has 3 atom stereocenters. The number of fused-ring (bicyclic) bond motifs is 1. The summed E-state index contributed by atoms with van der Waals surface area (Å²) in [6.07, 6.45) is -0.149. The summed E-state index contributed by atoms with van der Waals surface area (Å²) in [7, 11) is 0. The lowest BCUT2D eigenvalue weighted by Gasteiger charge is -2.46. The van der Waals surface area contributed by atoms with Crippen LogP contribution in [0.4, 0.5) is 4.79 Å². The van der Waals surface area contributed by atoms with Crippen LogP contribution in [0, 0.1) is 17.2 Å². The van der Waals surface area contributed by atoms with Crippen molar-refractivity contribution in [2.45, 2.75) is 70.0 Å². The molecule has 2 heterocycles. The predicted molar refractivity (Wildman–Crippen MR) is 88.9 cm³/mol. The molecule has 0 aliphatic carbocycles. The van der Waals surface area contributed by atoms with Crippen molar-refractivity contribution in [1.82, 2.24) is 9.80 Å². The molecule has 0 unspecified atom stereocenters. The van der Waals surface area contributed by atoms with Crippen LogP contribution in [0.3, 0.4) is 0 Å². The molecule has 0 aromatic carbocycles. The van der Waals surface area contributed by atoms with Crippen LogP contribution in [0.15, 0.2) is 0 Å². The summed E-state index contributed by atoms with van der Waals surface area (Å²) < 4.78 is 0. The molecule has 2 amide bonds. The molecule has 0 radical (unpaired) electrons. The first-order chi connectivity index (χ1) is 10.5. The van der Waals surface area contributed by atoms with Gasteiger partial charge in [0, 0.05) is 17.7 Å². The van der Waals surface area contributed by atoms with E-state index in [9.17, 15) is 20.0 Å². The van der Waals surface area contributed by atoms with E-state index in [4.69, 9.17) is 0 Å². The van der Waals surface area contributed by atoms with Crippen molar-refractivity contribution in [2.75, 3.05) is 5.75 Å². The molecule has 0 bridgehead atoms. The Kier molecular flexibility index (Phi) is 4.60. The summed E-state index contributed by atoms with van der Waals surface area (Å²) in [5.41, 5.74) is -1.77. The van der Waals surface area contributed by atoms with Gasteiger partial charge in [0.05, 0.1) is 11.4 Å². The van der Waals surface area contributed by atoms with Gasteiger partial charge in [-0.2, -0.15) is 5.26 Å². The quantitative estimate of drug-likeness (QED) is 0.854. The monoisotopic (exact) mass is 339 g/mol. The van der Waals surface area contributed by atoms with Crippen LogP contribution < -0.4 is 0 Å². The standard InChI is InChI=1S/C16H25N3O3S/c1-10(2)6-16(19(14(21)22)15(3,4)5)7-12-18(13(16)20)11(8-17)9-23-12/h10-12H,6-7,9H2,1-5H3,(H,21,22)/t11-,12+,16-/m1/s1. The fraction of sp³-hybridized carbons (Fsp3) is 0.812. The molecule has 2 fully saturated rings. The molecule has 2 aliphatic heterocycles. The number of hydrogen-bond donors (Lipinski definition) is 1. The van der Waals surface area contributed by atoms with Gasteiger partial charge < -0.3 is 10.0 Å². The molecular weight excluding hydrogens is 314 g/mol. The van der Waals surface area contributed by atoms with Crippen molar-refractivity contribution < 1.29 is 14.7 Å². The van der Waals surface area contributed by atoms with Gasteiger partial charge in [-0.25, -0.2) is 4.79 Å². The second-order valence-electron chi connectivity index (χ2n) is 7.77. The number of carboxylic acid groups (broad SMARTS) is 1. The summed E-state index contributed by atoms with van der Waals surface area (Å²) in [6.45, 7) is 9.44. The van der Waals surface area contributed by atoms with E-state index in [1.54, 1.807) is 16.7 Å². The van der Waals surface area contributed by atoms with E-state index in [1.807, 2.05) is 34.6 Å². The highest BCUT2D eigenvalue weighted by Gasteiger charge is 2.62. The number of amides is 2. The minimum atomic E-state index is -1.08. The third-order valence-electron chi connectivity index (χ3n) is 4.42. The Labute approximate surface area is 141 Å². The van der Waals surface area contributed by atoms with E-state index in [1.165, 1.54) is 4.90 Å². The van der Waals surface area contributed by atoms with Gasteiger partial charge in [0.1, 0.15) is 11.6 Å². The number of rotatable bonds is 3. The highest BCUT2D eigenvalue weighted by Crippen LogP contribution is 2.48. The van der Waals surface area contributed by atoms with E-state index in [0.717, 1.165) is 0 Å². The van der Waals surface area contributed by atoms with Crippen LogP contribution in [-0.4, -0.2) is 55.2 Å². The van der Waals surface area contributed by atoms with Crippen molar-refractivity contribution in [3.05, 3.63) is 0 Å². The zero-order valence-corrected chi connectivity index (χ0v) is 15.2. The van der Waals surface area contributed by atoms with Crippen molar-refractivity contribution >= 4 is 23.8 Å². The Balaban J connectivity index is 2.52. The summed E-state index contributed by atoms with van der Waals surface area (Å²) >= 11 is 1.58. The van der Waals surface area contributed by atoms with Gasteiger partial charge in [0.2, 0.25) is 0 Å². The Morgan fingerprint density at radius 2 is 2.17 bits per heavy atom. The third-order valence-corrected chi connectivity index (χ3v) is 5.71. The lowest BCUT2D eigenvalue weighted by molar-refractivity contribution is -0.141. The number of carbonyl (C=O) groups excluding carboxylic acids is 1. The van der Waals surface area contributed by atoms with Gasteiger partial charge in [-0.1, -0.05) is 13.8 Å². The van der Waals surface area contributed by atoms with Gasteiger partial charge in [0.25, 0.3) is 5.91 Å². The topological polar surface area (TPSA) is 84.6 Å². The minimum absolute atomic E-state index is 0.102. The van der Waals surface area contributed by atoms with Crippen LogP contribution in [0.5, 0.6) is 0 Å². The zero-order chi connectivity index (χ0) is 17.6. The maximum Gasteiger partial charge on any atom is 0.408 e. The SMILES string of the molecule is CC(C)C[C@@]1(N(C(=O)O)C(C)(C)C)C[C@@H]2SC[C@@H](C#N)N2C1=O. The summed E-state index contributed by atoms with van der Waals surface area (Å²) in [5, 5.41) is 19.0. The molecule has 23 heavy (non-hydrogen) atoms. The highest BCUT2D eigenvalue weighted by atomic mass is 32.2. The van der Waals surface area contributed by atoms with Crippen molar-refractivity contribution in [2.24, 2.45) is 5.92 Å². The second-order valence-corrected chi connectivity index (χ2v) is 8.98. The second kappa shape index (κ2) is 5.90. The molecule has 7 heteroatoms. The maximum absolute atomic E-state index is 13.3. The average Bonchev–Trinajstić information content (AvgIpc) is 2.86. The van der Waals surface area contributed by atoms with E-state index < -0.39 is 23.2 Å². The van der Waals surface area contributed by atoms with E-state index >= 15 is 0 Å². The highest BCUT2D eigenvalue weighted by molar-refractivity contribution is 8.00. The minimum Gasteiger partial charge on any atom is -0.465 e. The van der Waals surface area contributed by atoms with E-state index in [-0.39, 0.29) is 17.2 Å². The fourth-order valence-electron chi connectivity index (χ4n) is 3.95. The van der Waals surface area contributed by atoms with Crippen LogP contribution >= 0.6 is 11.8 Å². The van der Waals surface area contributed by atoms with Gasteiger partial charge in [-0.3, -0.25) is 9.69 Å². The van der Waals surface area contributed by atoms with Gasteiger partial charge in [0.15, 0.2) is 0 Å². The molecule has 2 saturated heterocycles. The van der Waals surface area contributed by atoms with Crippen LogP contribution in [0.2, 0.25) is 0 Å². The van der Waals surface area contributed by atoms with Crippen LogP contribution in [0.25, 0.3) is 0 Å². The lowest BCUT2D eigenvalue weighted by atomic mass is 9.82. The van der Waals surface area contributed by atoms with Crippen molar-refractivity contribution in [3.63, 3.8) is 0 Å². The first-order valence-corrected chi connectivity index (χ1v) is 8.96. The molecule has 0 aromatic heterocycles. The Morgan fingerprint density at radius 1 is 1.57 bits per heavy atom. The first-order valence-electron chi connectivity index (χ1n) is 7.92. The molecule has 6 nitrogen and oxygen atoms in total. The van der Waals surface area contributed by atoms with Gasteiger partial charge >= 0.3 is 6.09 Å². The van der Waals surface area contributed by atoms with E-state index in [0.29, 0.717) is 18.6 Å². The molecular formula is C16H25N3O3S. The summed E-state index contributed by atoms with van der Waals surface area (Å²) in [6, 6.07) is 1.73. The number of nitriles is 1. The Morgan fingerprint density at radius 3 is 2.61 bits per heavy atom. The summed E-state index contributed by atoms with van der Waals surface area (Å²) in [4.78, 5) is 28.2. The van der Waals surface area contributed by atoms with Crippen LogP contribution in [0.1, 0.15) is 47.5 Å². The lowest BCUT2D eigenvalue weighted by Crippen LogP contribution is -2.63. The van der Waals surface area contributed by atoms with E-state index in [2.05, 4.69) is 6.07 Å². The Hall–Kier alpha value is -1.42. The summed E-state index contributed by atoms with van der Waals surface area (Å²) in [5.74, 6) is 0.576. The molecule has 2 aliphatic rings. The third kappa shape index (κ3) is 2.89. The Bertz CT molecular complexity index is 552. The number of nitrogens with zero attached hydrogens (tertiary/aromatic N) is 3. The smallest absolute Gasteiger partial charge is 0.408 e. The number of thioether (sulfide) groups is 1. The fourth-order valence-corrected chi connectivity index (χ4v) is 5.38. The number of hydrogen-bond acceptors (Lipinski definition) is 4. The van der Waals surface area contributed by atoms with Gasteiger partial charge in [-0.15, -0.1) is 11.8 Å². The molecule has 2 rings (SSSR count). The normalized spacial score (nSPS) is 30.5.